The van der Waals surface area contributed by atoms with Gasteiger partial charge in [-0.05, 0) is 12.1 Å². The van der Waals surface area contributed by atoms with E-state index in [2.05, 4.69) is 54.3 Å². The van der Waals surface area contributed by atoms with Crippen molar-refractivity contribution in [1.82, 2.24) is 4.90 Å². The molecule has 1 unspecified atom stereocenters. The second kappa shape index (κ2) is 3.75. The van der Waals surface area contributed by atoms with E-state index in [0.717, 1.165) is 13.1 Å². The zero-order valence-electron chi connectivity index (χ0n) is 7.98. The van der Waals surface area contributed by atoms with Crippen molar-refractivity contribution in [2.75, 3.05) is 13.1 Å². The molecule has 0 fully saturated rings. The largest absolute Gasteiger partial charge is 0.289 e. The van der Waals surface area contributed by atoms with Gasteiger partial charge in [0, 0.05) is 6.54 Å². The van der Waals surface area contributed by atoms with Crippen LogP contribution in [0.2, 0.25) is 0 Å². The van der Waals surface area contributed by atoms with Gasteiger partial charge in [0.1, 0.15) is 0 Å². The molecule has 0 spiro atoms. The van der Waals surface area contributed by atoms with Crippen molar-refractivity contribution in [3.05, 3.63) is 48.0 Å². The van der Waals surface area contributed by atoms with E-state index in [-0.39, 0.29) is 0 Å². The van der Waals surface area contributed by atoms with Gasteiger partial charge in [-0.25, -0.2) is 0 Å². The third kappa shape index (κ3) is 1.65. The molecule has 1 aromatic carbocycles. The molecule has 1 aliphatic heterocycles. The highest BCUT2D eigenvalue weighted by Crippen LogP contribution is 2.25. The van der Waals surface area contributed by atoms with Crippen LogP contribution in [0, 0.1) is 0 Å². The molecule has 1 aromatic rings. The fourth-order valence-corrected chi connectivity index (χ4v) is 1.86. The van der Waals surface area contributed by atoms with Crippen molar-refractivity contribution >= 4 is 0 Å². The zero-order chi connectivity index (χ0) is 9.10. The van der Waals surface area contributed by atoms with Crippen LogP contribution in [-0.2, 0) is 0 Å². The van der Waals surface area contributed by atoms with Crippen LogP contribution in [0.4, 0.5) is 0 Å². The molecule has 0 radical (unpaired) electrons. The van der Waals surface area contributed by atoms with E-state index in [9.17, 15) is 0 Å². The molecular weight excluding hydrogens is 158 g/mol. The molecule has 1 heterocycles. The van der Waals surface area contributed by atoms with Crippen molar-refractivity contribution in [3.63, 3.8) is 0 Å². The SMILES string of the molecule is CCN1CC=CC1c1ccccc1. The van der Waals surface area contributed by atoms with Gasteiger partial charge in [0.15, 0.2) is 0 Å². The van der Waals surface area contributed by atoms with E-state index in [0.29, 0.717) is 6.04 Å². The van der Waals surface area contributed by atoms with E-state index in [1.165, 1.54) is 5.56 Å². The number of benzene rings is 1. The number of nitrogens with zero attached hydrogens (tertiary/aromatic N) is 1. The third-order valence-electron chi connectivity index (χ3n) is 2.60. The number of hydrogen-bond acceptors (Lipinski definition) is 1. The first-order valence-electron chi connectivity index (χ1n) is 4.87. The predicted molar refractivity (Wildman–Crippen MR) is 55.6 cm³/mol. The Morgan fingerprint density at radius 1 is 1.31 bits per heavy atom. The van der Waals surface area contributed by atoms with Gasteiger partial charge in [0.05, 0.1) is 6.04 Å². The van der Waals surface area contributed by atoms with Crippen molar-refractivity contribution in [2.24, 2.45) is 0 Å². The first-order valence-corrected chi connectivity index (χ1v) is 4.87. The lowest BCUT2D eigenvalue weighted by molar-refractivity contribution is 0.291. The smallest absolute Gasteiger partial charge is 0.0534 e. The molecule has 1 heteroatoms. The van der Waals surface area contributed by atoms with Crippen LogP contribution in [0.15, 0.2) is 42.5 Å². The van der Waals surface area contributed by atoms with Gasteiger partial charge in [-0.15, -0.1) is 0 Å². The van der Waals surface area contributed by atoms with Crippen LogP contribution >= 0.6 is 0 Å². The van der Waals surface area contributed by atoms with E-state index < -0.39 is 0 Å². The second-order valence-corrected chi connectivity index (χ2v) is 3.37. The van der Waals surface area contributed by atoms with E-state index >= 15 is 0 Å². The molecule has 0 amide bonds. The Balaban J connectivity index is 2.21. The summed E-state index contributed by atoms with van der Waals surface area (Å²) < 4.78 is 0. The molecule has 0 bridgehead atoms. The Hall–Kier alpha value is -1.08. The van der Waals surface area contributed by atoms with Crippen LogP contribution < -0.4 is 0 Å². The van der Waals surface area contributed by atoms with Crippen LogP contribution in [-0.4, -0.2) is 18.0 Å². The van der Waals surface area contributed by atoms with Gasteiger partial charge in [-0.3, -0.25) is 4.90 Å². The highest BCUT2D eigenvalue weighted by molar-refractivity contribution is 5.25. The lowest BCUT2D eigenvalue weighted by atomic mass is 10.1. The zero-order valence-corrected chi connectivity index (χ0v) is 7.98. The first-order chi connectivity index (χ1) is 6.42. The summed E-state index contributed by atoms with van der Waals surface area (Å²) in [6, 6.07) is 11.2. The second-order valence-electron chi connectivity index (χ2n) is 3.37. The lowest BCUT2D eigenvalue weighted by Gasteiger charge is -2.22. The third-order valence-corrected chi connectivity index (χ3v) is 2.60. The summed E-state index contributed by atoms with van der Waals surface area (Å²) in [5, 5.41) is 0. The number of hydrogen-bond donors (Lipinski definition) is 0. The minimum Gasteiger partial charge on any atom is -0.289 e. The minimum absolute atomic E-state index is 0.506. The number of rotatable bonds is 2. The summed E-state index contributed by atoms with van der Waals surface area (Å²) in [6.07, 6.45) is 4.54. The predicted octanol–water partition coefficient (Wildman–Crippen LogP) is 2.62. The van der Waals surface area contributed by atoms with Crippen molar-refractivity contribution in [1.29, 1.82) is 0 Å². The van der Waals surface area contributed by atoms with Gasteiger partial charge >= 0.3 is 0 Å². The maximum Gasteiger partial charge on any atom is 0.0534 e. The molecule has 0 aliphatic carbocycles. The molecule has 68 valence electrons. The van der Waals surface area contributed by atoms with Gasteiger partial charge in [-0.1, -0.05) is 49.4 Å². The fourth-order valence-electron chi connectivity index (χ4n) is 1.86. The summed E-state index contributed by atoms with van der Waals surface area (Å²) in [7, 11) is 0. The Kier molecular flexibility index (Phi) is 2.46. The fraction of sp³-hybridized carbons (Fsp3) is 0.333. The highest BCUT2D eigenvalue weighted by atomic mass is 15.2. The standard InChI is InChI=1S/C12H15N/c1-2-13-10-6-9-12(13)11-7-4-3-5-8-11/h3-9,12H,2,10H2,1H3. The van der Waals surface area contributed by atoms with Crippen LogP contribution in [0.25, 0.3) is 0 Å². The minimum atomic E-state index is 0.506. The number of likely N-dealkylation sites (N-methyl/N-ethyl adjacent to an activating group) is 1. The lowest BCUT2D eigenvalue weighted by Crippen LogP contribution is -2.23. The topological polar surface area (TPSA) is 3.24 Å². The van der Waals surface area contributed by atoms with E-state index in [1.54, 1.807) is 0 Å². The summed E-state index contributed by atoms with van der Waals surface area (Å²) in [5.41, 5.74) is 1.40. The van der Waals surface area contributed by atoms with Gasteiger partial charge in [0.25, 0.3) is 0 Å². The Morgan fingerprint density at radius 2 is 2.08 bits per heavy atom. The van der Waals surface area contributed by atoms with E-state index in [4.69, 9.17) is 0 Å². The van der Waals surface area contributed by atoms with Crippen molar-refractivity contribution in [3.8, 4) is 0 Å². The van der Waals surface area contributed by atoms with Gasteiger partial charge in [-0.2, -0.15) is 0 Å². The molecule has 0 N–H and O–H groups in total. The summed E-state index contributed by atoms with van der Waals surface area (Å²) in [5.74, 6) is 0. The van der Waals surface area contributed by atoms with E-state index in [1.807, 2.05) is 0 Å². The molecule has 1 aliphatic rings. The maximum absolute atomic E-state index is 2.45. The quantitative estimate of drug-likeness (QED) is 0.621. The molecular formula is C12H15N. The van der Waals surface area contributed by atoms with Gasteiger partial charge in [0.2, 0.25) is 0 Å². The summed E-state index contributed by atoms with van der Waals surface area (Å²) >= 11 is 0. The Morgan fingerprint density at radius 3 is 2.77 bits per heavy atom. The Bertz CT molecular complexity index is 289. The molecule has 0 saturated carbocycles. The van der Waals surface area contributed by atoms with Crippen LogP contribution in [0.5, 0.6) is 0 Å². The molecule has 1 atom stereocenters. The van der Waals surface area contributed by atoms with Crippen LogP contribution in [0.1, 0.15) is 18.5 Å². The van der Waals surface area contributed by atoms with Crippen molar-refractivity contribution < 1.29 is 0 Å². The molecule has 13 heavy (non-hydrogen) atoms. The van der Waals surface area contributed by atoms with Gasteiger partial charge < -0.3 is 0 Å². The molecule has 0 aromatic heterocycles. The maximum atomic E-state index is 2.45. The monoisotopic (exact) mass is 173 g/mol. The van der Waals surface area contributed by atoms with Crippen LogP contribution in [0.3, 0.4) is 0 Å². The van der Waals surface area contributed by atoms with Crippen molar-refractivity contribution in [2.45, 2.75) is 13.0 Å². The first kappa shape index (κ1) is 8.52. The molecule has 0 saturated heterocycles. The highest BCUT2D eigenvalue weighted by Gasteiger charge is 2.18. The average Bonchev–Trinajstić information content (AvgIpc) is 2.67. The summed E-state index contributed by atoms with van der Waals surface area (Å²) in [4.78, 5) is 2.45. The normalized spacial score (nSPS) is 22.4. The molecule has 2 rings (SSSR count). The Labute approximate surface area is 79.7 Å². The average molecular weight is 173 g/mol. The summed E-state index contributed by atoms with van der Waals surface area (Å²) in [6.45, 7) is 4.42. The molecule has 1 nitrogen and oxygen atoms in total.